The lowest BCUT2D eigenvalue weighted by atomic mass is 10.0. The SMILES string of the molecule is CCOc1cccc(-n2cc(C(=O)N3CCN(c4cc(C(=O)OC)c5ccccc5c4)C[C@H]3COC(C)=O)nc2-c2ccc(C)cc2F)c1. The number of amides is 1. The summed E-state index contributed by atoms with van der Waals surface area (Å²) in [6.45, 7) is 6.44. The van der Waals surface area contributed by atoms with E-state index in [2.05, 4.69) is 4.90 Å². The number of nitrogens with zero attached hydrogens (tertiary/aromatic N) is 4. The number of fused-ring (bicyclic) bond motifs is 1. The van der Waals surface area contributed by atoms with Gasteiger partial charge in [0.05, 0.1) is 36.6 Å². The van der Waals surface area contributed by atoms with E-state index in [4.69, 9.17) is 19.2 Å². The summed E-state index contributed by atoms with van der Waals surface area (Å²) in [5.41, 5.74) is 2.95. The predicted octanol–water partition coefficient (Wildman–Crippen LogP) is 6.22. The van der Waals surface area contributed by atoms with Crippen molar-refractivity contribution in [2.24, 2.45) is 0 Å². The van der Waals surface area contributed by atoms with E-state index in [9.17, 15) is 14.4 Å². The minimum Gasteiger partial charge on any atom is -0.494 e. The Morgan fingerprint density at radius 1 is 0.959 bits per heavy atom. The molecule has 0 N–H and O–H groups in total. The van der Waals surface area contributed by atoms with E-state index < -0.39 is 23.8 Å². The first-order valence-electron chi connectivity index (χ1n) is 16.1. The lowest BCUT2D eigenvalue weighted by Crippen LogP contribution is -2.57. The second-order valence-corrected chi connectivity index (χ2v) is 11.8. The molecule has 0 bridgehead atoms. The van der Waals surface area contributed by atoms with E-state index in [1.165, 1.54) is 20.1 Å². The molecule has 11 heteroatoms. The molecule has 0 radical (unpaired) electrons. The number of halogens is 1. The second kappa shape index (κ2) is 14.2. The first-order valence-corrected chi connectivity index (χ1v) is 16.1. The van der Waals surface area contributed by atoms with E-state index >= 15 is 4.39 Å². The highest BCUT2D eigenvalue weighted by atomic mass is 19.1. The van der Waals surface area contributed by atoms with Gasteiger partial charge in [-0.15, -0.1) is 0 Å². The van der Waals surface area contributed by atoms with Gasteiger partial charge >= 0.3 is 11.9 Å². The largest absolute Gasteiger partial charge is 0.494 e. The molecular weight excluding hydrogens is 627 g/mol. The van der Waals surface area contributed by atoms with Crippen LogP contribution >= 0.6 is 0 Å². The molecule has 10 nitrogen and oxygen atoms in total. The molecule has 1 aliphatic rings. The quantitative estimate of drug-likeness (QED) is 0.171. The Balaban J connectivity index is 1.36. The van der Waals surface area contributed by atoms with Gasteiger partial charge in [-0.05, 0) is 66.6 Å². The van der Waals surface area contributed by atoms with Gasteiger partial charge in [-0.3, -0.25) is 14.2 Å². The molecule has 1 atom stereocenters. The lowest BCUT2D eigenvalue weighted by Gasteiger charge is -2.42. The fourth-order valence-corrected chi connectivity index (χ4v) is 6.18. The van der Waals surface area contributed by atoms with Crippen molar-refractivity contribution in [3.8, 4) is 22.8 Å². The molecule has 0 unspecified atom stereocenters. The van der Waals surface area contributed by atoms with Gasteiger partial charge in [-0.25, -0.2) is 14.2 Å². The standard InChI is InChI=1S/C38H37FN4O6/c1-5-48-30-11-8-10-27(19-30)43-22-35(40-36(43)32-14-13-24(2)17-34(32)39)37(45)42-16-15-41(21-29(42)23-49-25(3)44)28-18-26-9-6-7-12-31(26)33(20-28)38(46)47-4/h6-14,17-20,22,29H,5,15-16,21,23H2,1-4H3/t29-/m0/s1. The molecule has 0 saturated carbocycles. The Hall–Kier alpha value is -5.71. The summed E-state index contributed by atoms with van der Waals surface area (Å²) in [6, 6.07) is 23.0. The molecule has 0 spiro atoms. The number of rotatable bonds is 9. The molecule has 2 heterocycles. The molecule has 4 aromatic carbocycles. The summed E-state index contributed by atoms with van der Waals surface area (Å²) in [5.74, 6) is -0.895. The molecule has 1 saturated heterocycles. The van der Waals surface area contributed by atoms with Gasteiger partial charge in [0, 0.05) is 44.5 Å². The van der Waals surface area contributed by atoms with Crippen LogP contribution in [0.5, 0.6) is 5.75 Å². The Morgan fingerprint density at radius 2 is 1.78 bits per heavy atom. The van der Waals surface area contributed by atoms with Gasteiger partial charge in [0.15, 0.2) is 0 Å². The topological polar surface area (TPSA) is 103 Å². The van der Waals surface area contributed by atoms with Crippen LogP contribution in [0.15, 0.2) is 85.1 Å². The van der Waals surface area contributed by atoms with Crippen molar-refractivity contribution in [3.05, 3.63) is 108 Å². The maximum Gasteiger partial charge on any atom is 0.338 e. The van der Waals surface area contributed by atoms with Gasteiger partial charge in [-0.2, -0.15) is 0 Å². The van der Waals surface area contributed by atoms with Crippen molar-refractivity contribution in [1.82, 2.24) is 14.5 Å². The van der Waals surface area contributed by atoms with Crippen LogP contribution in [-0.2, 0) is 14.3 Å². The minimum atomic E-state index is -0.552. The monoisotopic (exact) mass is 664 g/mol. The van der Waals surface area contributed by atoms with Crippen LogP contribution in [0.3, 0.4) is 0 Å². The molecule has 1 aliphatic heterocycles. The molecule has 252 valence electrons. The number of carbonyl (C=O) groups is 3. The Labute approximate surface area is 283 Å². The van der Waals surface area contributed by atoms with Crippen LogP contribution < -0.4 is 9.64 Å². The number of hydrogen-bond acceptors (Lipinski definition) is 8. The van der Waals surface area contributed by atoms with Crippen LogP contribution in [0.1, 0.15) is 40.3 Å². The van der Waals surface area contributed by atoms with E-state index in [-0.39, 0.29) is 36.1 Å². The maximum atomic E-state index is 15.4. The Morgan fingerprint density at radius 3 is 2.53 bits per heavy atom. The van der Waals surface area contributed by atoms with Gasteiger partial charge in [0.1, 0.15) is 29.7 Å². The molecular formula is C38H37FN4O6. The van der Waals surface area contributed by atoms with Crippen LogP contribution in [0.4, 0.5) is 10.1 Å². The van der Waals surface area contributed by atoms with Crippen LogP contribution in [0.2, 0.25) is 0 Å². The molecule has 49 heavy (non-hydrogen) atoms. The Bertz CT molecular complexity index is 2040. The number of imidazole rings is 1. The minimum absolute atomic E-state index is 0.0500. The highest BCUT2D eigenvalue weighted by molar-refractivity contribution is 6.06. The molecule has 6 rings (SSSR count). The number of hydrogen-bond donors (Lipinski definition) is 0. The number of aryl methyl sites for hydroxylation is 1. The smallest absolute Gasteiger partial charge is 0.338 e. The van der Waals surface area contributed by atoms with Crippen molar-refractivity contribution >= 4 is 34.3 Å². The molecule has 1 amide bonds. The average molecular weight is 665 g/mol. The van der Waals surface area contributed by atoms with Crippen molar-refractivity contribution in [2.45, 2.75) is 26.8 Å². The van der Waals surface area contributed by atoms with Gasteiger partial charge in [0.25, 0.3) is 5.91 Å². The van der Waals surface area contributed by atoms with Crippen molar-refractivity contribution < 1.29 is 33.0 Å². The fraction of sp³-hybridized carbons (Fsp3) is 0.263. The third-order valence-corrected chi connectivity index (χ3v) is 8.54. The van der Waals surface area contributed by atoms with E-state index in [1.807, 2.05) is 61.5 Å². The van der Waals surface area contributed by atoms with Gasteiger partial charge < -0.3 is 24.0 Å². The van der Waals surface area contributed by atoms with Crippen molar-refractivity contribution in [1.29, 1.82) is 0 Å². The highest BCUT2D eigenvalue weighted by Crippen LogP contribution is 2.31. The van der Waals surface area contributed by atoms with E-state index in [0.717, 1.165) is 22.0 Å². The van der Waals surface area contributed by atoms with Gasteiger partial charge in [0.2, 0.25) is 0 Å². The van der Waals surface area contributed by atoms with Crippen LogP contribution in [0.25, 0.3) is 27.8 Å². The molecule has 5 aromatic rings. The highest BCUT2D eigenvalue weighted by Gasteiger charge is 2.34. The predicted molar refractivity (Wildman–Crippen MR) is 184 cm³/mol. The zero-order valence-electron chi connectivity index (χ0n) is 27.8. The average Bonchev–Trinajstić information content (AvgIpc) is 3.55. The van der Waals surface area contributed by atoms with Gasteiger partial charge in [-0.1, -0.05) is 36.4 Å². The first-order chi connectivity index (χ1) is 23.7. The zero-order chi connectivity index (χ0) is 34.7. The number of methoxy groups -OCH3 is 1. The summed E-state index contributed by atoms with van der Waals surface area (Å²) in [5, 5.41) is 1.64. The molecule has 1 fully saturated rings. The number of aromatic nitrogens is 2. The number of esters is 2. The normalized spacial score (nSPS) is 14.5. The first kappa shape index (κ1) is 33.2. The van der Waals surface area contributed by atoms with Crippen LogP contribution in [-0.4, -0.2) is 78.3 Å². The summed E-state index contributed by atoms with van der Waals surface area (Å²) in [4.78, 5) is 47.4. The maximum absolute atomic E-state index is 15.4. The second-order valence-electron chi connectivity index (χ2n) is 11.8. The summed E-state index contributed by atoms with van der Waals surface area (Å²) >= 11 is 0. The number of ether oxygens (including phenoxy) is 3. The van der Waals surface area contributed by atoms with E-state index in [1.54, 1.807) is 40.8 Å². The third kappa shape index (κ3) is 6.96. The lowest BCUT2D eigenvalue weighted by molar-refractivity contribution is -0.142. The Kier molecular flexibility index (Phi) is 9.61. The molecule has 1 aromatic heterocycles. The third-order valence-electron chi connectivity index (χ3n) is 8.54. The van der Waals surface area contributed by atoms with Crippen molar-refractivity contribution in [2.75, 3.05) is 44.9 Å². The summed E-state index contributed by atoms with van der Waals surface area (Å²) in [6.07, 6.45) is 1.60. The van der Waals surface area contributed by atoms with Crippen molar-refractivity contribution in [3.63, 3.8) is 0 Å². The number of piperazine rings is 1. The fourth-order valence-electron chi connectivity index (χ4n) is 6.18. The summed E-state index contributed by atoms with van der Waals surface area (Å²) in [7, 11) is 1.35. The van der Waals surface area contributed by atoms with E-state index in [0.29, 0.717) is 36.7 Å². The molecule has 0 aliphatic carbocycles. The van der Waals surface area contributed by atoms with Crippen LogP contribution in [0, 0.1) is 12.7 Å². The number of carbonyl (C=O) groups excluding carboxylic acids is 3. The number of anilines is 1. The number of benzene rings is 4. The zero-order valence-corrected chi connectivity index (χ0v) is 27.8. The summed E-state index contributed by atoms with van der Waals surface area (Å²) < 4.78 is 33.3.